The molecular weight excluding hydrogens is 176 g/mol. The molecule has 0 unspecified atom stereocenters. The zero-order valence-electron chi connectivity index (χ0n) is 6.92. The quantitative estimate of drug-likeness (QED) is 0.447. The molecule has 1 aliphatic rings. The Kier molecular flexibility index (Phi) is 7.01. The van der Waals surface area contributed by atoms with Crippen LogP contribution in [0.2, 0.25) is 0 Å². The van der Waals surface area contributed by atoms with Crippen LogP contribution in [-0.4, -0.2) is 29.4 Å². The zero-order valence-corrected chi connectivity index (χ0v) is 8.63. The summed E-state index contributed by atoms with van der Waals surface area (Å²) in [5, 5.41) is 0. The van der Waals surface area contributed by atoms with Crippen LogP contribution in [-0.2, 0) is 0 Å². The Balaban J connectivity index is 0.000000218. The van der Waals surface area contributed by atoms with Crippen molar-refractivity contribution in [3.63, 3.8) is 0 Å². The van der Waals surface area contributed by atoms with E-state index in [1.165, 1.54) is 32.4 Å². The molecule has 1 fully saturated rings. The van der Waals surface area contributed by atoms with Crippen LogP contribution in [0.1, 0.15) is 19.3 Å². The average molecular weight is 192 g/mol. The van der Waals surface area contributed by atoms with Crippen molar-refractivity contribution in [1.29, 1.82) is 0 Å². The van der Waals surface area contributed by atoms with Crippen molar-refractivity contribution >= 4 is 29.2 Å². The number of hydrogen-bond donors (Lipinski definition) is 2. The van der Waals surface area contributed by atoms with Gasteiger partial charge in [0.15, 0.2) is 0 Å². The fourth-order valence-corrected chi connectivity index (χ4v) is 1.05. The average Bonchev–Trinajstić information content (AvgIpc) is 1.87. The van der Waals surface area contributed by atoms with Gasteiger partial charge in [-0.05, 0) is 33.0 Å². The van der Waals surface area contributed by atoms with Gasteiger partial charge in [0.1, 0.15) is 4.32 Å². The fourth-order valence-electron chi connectivity index (χ4n) is 1.05. The maximum atomic E-state index is 4.71. The number of rotatable bonds is 0. The van der Waals surface area contributed by atoms with Gasteiger partial charge in [-0.3, -0.25) is 0 Å². The first-order valence-electron chi connectivity index (χ1n) is 3.80. The third-order valence-electron chi connectivity index (χ3n) is 1.58. The summed E-state index contributed by atoms with van der Waals surface area (Å²) in [7, 11) is 2.19. The molecule has 0 radical (unpaired) electrons. The maximum Gasteiger partial charge on any atom is 0.128 e. The fraction of sp³-hybridized carbons (Fsp3) is 0.857. The predicted octanol–water partition coefficient (Wildman–Crippen LogP) is 1.26. The highest BCUT2D eigenvalue weighted by molar-refractivity contribution is 8.10. The highest BCUT2D eigenvalue weighted by Crippen LogP contribution is 2.04. The summed E-state index contributed by atoms with van der Waals surface area (Å²) >= 11 is 7.65. The number of nitrogens with two attached hydrogens (primary N) is 1. The molecule has 0 aromatic rings. The van der Waals surface area contributed by atoms with Crippen molar-refractivity contribution in [1.82, 2.24) is 4.90 Å². The van der Waals surface area contributed by atoms with E-state index in [9.17, 15) is 0 Å². The van der Waals surface area contributed by atoms with Gasteiger partial charge in [0.2, 0.25) is 0 Å². The minimum atomic E-state index is 0.194. The SMILES string of the molecule is CN1CCCCC1.NC(=S)S. The topological polar surface area (TPSA) is 29.3 Å². The lowest BCUT2D eigenvalue weighted by Crippen LogP contribution is -2.24. The molecule has 2 nitrogen and oxygen atoms in total. The van der Waals surface area contributed by atoms with Crippen molar-refractivity contribution in [2.45, 2.75) is 19.3 Å². The summed E-state index contributed by atoms with van der Waals surface area (Å²) in [5.74, 6) is 0. The Hall–Kier alpha value is 0.200. The van der Waals surface area contributed by atoms with Crippen LogP contribution in [0, 0.1) is 0 Å². The van der Waals surface area contributed by atoms with Crippen molar-refractivity contribution in [3.05, 3.63) is 0 Å². The molecular formula is C7H16N2S2. The van der Waals surface area contributed by atoms with Crippen LogP contribution in [0.25, 0.3) is 0 Å². The largest absolute Gasteiger partial charge is 0.385 e. The predicted molar refractivity (Wildman–Crippen MR) is 57.1 cm³/mol. The summed E-state index contributed by atoms with van der Waals surface area (Å²) in [6, 6.07) is 0. The number of thiocarbonyl (C=S) groups is 1. The second-order valence-corrected chi connectivity index (χ2v) is 3.93. The summed E-state index contributed by atoms with van der Waals surface area (Å²) in [5.41, 5.74) is 4.71. The Morgan fingerprint density at radius 1 is 1.36 bits per heavy atom. The van der Waals surface area contributed by atoms with Crippen LogP contribution in [0.3, 0.4) is 0 Å². The molecule has 1 heterocycles. The first-order valence-corrected chi connectivity index (χ1v) is 4.65. The molecule has 0 saturated carbocycles. The Bertz CT molecular complexity index is 107. The Morgan fingerprint density at radius 3 is 1.91 bits per heavy atom. The van der Waals surface area contributed by atoms with E-state index in [0.717, 1.165) is 0 Å². The molecule has 0 aromatic carbocycles. The first-order chi connectivity index (χ1) is 5.13. The van der Waals surface area contributed by atoms with E-state index in [0.29, 0.717) is 0 Å². The van der Waals surface area contributed by atoms with Crippen LogP contribution < -0.4 is 5.73 Å². The van der Waals surface area contributed by atoms with E-state index < -0.39 is 0 Å². The van der Waals surface area contributed by atoms with Gasteiger partial charge in [0.05, 0.1) is 0 Å². The number of nitrogens with zero attached hydrogens (tertiary/aromatic N) is 1. The molecule has 0 spiro atoms. The Morgan fingerprint density at radius 2 is 1.73 bits per heavy atom. The smallest absolute Gasteiger partial charge is 0.128 e. The van der Waals surface area contributed by atoms with Gasteiger partial charge in [-0.25, -0.2) is 0 Å². The van der Waals surface area contributed by atoms with E-state index >= 15 is 0 Å². The lowest BCUT2D eigenvalue weighted by Gasteiger charge is -2.20. The van der Waals surface area contributed by atoms with E-state index in [1.807, 2.05) is 0 Å². The van der Waals surface area contributed by atoms with E-state index in [4.69, 9.17) is 5.73 Å². The van der Waals surface area contributed by atoms with Crippen molar-refractivity contribution < 1.29 is 0 Å². The second-order valence-electron chi connectivity index (χ2n) is 2.70. The van der Waals surface area contributed by atoms with Gasteiger partial charge in [0.25, 0.3) is 0 Å². The molecule has 0 atom stereocenters. The minimum Gasteiger partial charge on any atom is -0.385 e. The molecule has 11 heavy (non-hydrogen) atoms. The summed E-state index contributed by atoms with van der Waals surface area (Å²) in [6.45, 7) is 2.64. The highest BCUT2D eigenvalue weighted by atomic mass is 32.1. The number of likely N-dealkylation sites (tertiary alicyclic amines) is 1. The number of hydrogen-bond acceptors (Lipinski definition) is 2. The van der Waals surface area contributed by atoms with Gasteiger partial charge >= 0.3 is 0 Å². The molecule has 2 N–H and O–H groups in total. The van der Waals surface area contributed by atoms with Crippen LogP contribution in [0.15, 0.2) is 0 Å². The second kappa shape index (κ2) is 6.88. The lowest BCUT2D eigenvalue weighted by molar-refractivity contribution is 0.277. The van der Waals surface area contributed by atoms with Crippen LogP contribution in [0.4, 0.5) is 0 Å². The number of thiol groups is 1. The number of piperidine rings is 1. The summed E-state index contributed by atoms with van der Waals surface area (Å²) in [4.78, 5) is 2.39. The van der Waals surface area contributed by atoms with Gasteiger partial charge in [0, 0.05) is 0 Å². The van der Waals surface area contributed by atoms with E-state index in [2.05, 4.69) is 36.8 Å². The normalized spacial score (nSPS) is 18.4. The van der Waals surface area contributed by atoms with Crippen LogP contribution in [0.5, 0.6) is 0 Å². The third kappa shape index (κ3) is 10.2. The summed E-state index contributed by atoms with van der Waals surface area (Å²) in [6.07, 6.45) is 4.28. The molecule has 0 aliphatic carbocycles. The monoisotopic (exact) mass is 192 g/mol. The highest BCUT2D eigenvalue weighted by Gasteiger charge is 2.02. The molecule has 0 aromatic heterocycles. The Labute approximate surface area is 79.5 Å². The molecule has 0 bridgehead atoms. The van der Waals surface area contributed by atoms with Gasteiger partial charge in [-0.15, -0.1) is 12.6 Å². The molecule has 1 saturated heterocycles. The van der Waals surface area contributed by atoms with Crippen LogP contribution >= 0.6 is 24.8 Å². The first kappa shape index (κ1) is 11.2. The van der Waals surface area contributed by atoms with Crippen molar-refractivity contribution in [2.75, 3.05) is 20.1 Å². The van der Waals surface area contributed by atoms with Crippen molar-refractivity contribution in [3.8, 4) is 0 Å². The van der Waals surface area contributed by atoms with Crippen molar-refractivity contribution in [2.24, 2.45) is 5.73 Å². The minimum absolute atomic E-state index is 0.194. The van der Waals surface area contributed by atoms with Gasteiger partial charge in [-0.2, -0.15) is 0 Å². The lowest BCUT2D eigenvalue weighted by atomic mass is 10.1. The zero-order chi connectivity index (χ0) is 8.69. The van der Waals surface area contributed by atoms with E-state index in [-0.39, 0.29) is 4.32 Å². The molecule has 66 valence electrons. The summed E-state index contributed by atoms with van der Waals surface area (Å²) < 4.78 is 0.194. The molecule has 1 rings (SSSR count). The maximum absolute atomic E-state index is 4.71. The molecule has 4 heteroatoms. The third-order valence-corrected chi connectivity index (χ3v) is 1.58. The molecule has 0 amide bonds. The standard InChI is InChI=1S/C6H13N.CH3NS2/c1-7-5-3-2-4-6-7;2-1(3)4/h2-6H2,1H3;(H3,2,3,4). The van der Waals surface area contributed by atoms with E-state index in [1.54, 1.807) is 0 Å². The van der Waals surface area contributed by atoms with Gasteiger partial charge in [-0.1, -0.05) is 18.6 Å². The molecule has 1 aliphatic heterocycles. The van der Waals surface area contributed by atoms with Gasteiger partial charge < -0.3 is 10.6 Å².